The fraction of sp³-hybridized carbons (Fsp3) is 0.133. The topological polar surface area (TPSA) is 126 Å². The maximum Gasteiger partial charge on any atom is 0.261 e. The van der Waals surface area contributed by atoms with Crippen molar-refractivity contribution in [3.63, 3.8) is 0 Å². The van der Waals surface area contributed by atoms with E-state index in [0.717, 1.165) is 0 Å². The Balaban J connectivity index is 2.18. The van der Waals surface area contributed by atoms with Crippen LogP contribution < -0.4 is 11.1 Å². The van der Waals surface area contributed by atoms with Gasteiger partial charge in [0.2, 0.25) is 5.95 Å². The molecule has 0 radical (unpaired) electrons. The van der Waals surface area contributed by atoms with Gasteiger partial charge in [-0.15, -0.1) is 11.3 Å². The first-order valence-corrected chi connectivity index (χ1v) is 7.93. The van der Waals surface area contributed by atoms with E-state index in [2.05, 4.69) is 25.4 Å². The molecule has 0 saturated carbocycles. The molecular weight excluding hydrogens is 328 g/mol. The summed E-state index contributed by atoms with van der Waals surface area (Å²) in [5.41, 5.74) is 6.90. The molecule has 0 bridgehead atoms. The molecule has 8 nitrogen and oxygen atoms in total. The molecule has 0 saturated heterocycles. The van der Waals surface area contributed by atoms with E-state index < -0.39 is 0 Å². The van der Waals surface area contributed by atoms with Crippen molar-refractivity contribution in [1.82, 2.24) is 20.3 Å². The van der Waals surface area contributed by atoms with Crippen LogP contribution in [0.15, 0.2) is 35.7 Å². The van der Waals surface area contributed by atoms with Gasteiger partial charge in [-0.2, -0.15) is 0 Å². The molecule has 3 rings (SSSR count). The summed E-state index contributed by atoms with van der Waals surface area (Å²) in [5.74, 6) is -0.166. The summed E-state index contributed by atoms with van der Waals surface area (Å²) >= 11 is 1.20. The summed E-state index contributed by atoms with van der Waals surface area (Å²) in [7, 11) is 0. The monoisotopic (exact) mass is 342 g/mol. The number of fused-ring (bicyclic) bond motifs is 1. The number of nitrogens with two attached hydrogens (primary N) is 1. The number of nitrogens with one attached hydrogen (secondary N) is 1. The molecule has 122 valence electrons. The van der Waals surface area contributed by atoms with E-state index >= 15 is 0 Å². The molecule has 1 amide bonds. The molecule has 3 aromatic heterocycles. The number of rotatable bonds is 4. The summed E-state index contributed by atoms with van der Waals surface area (Å²) in [6.07, 6.45) is 3.16. The Morgan fingerprint density at radius 2 is 2.29 bits per heavy atom. The lowest BCUT2D eigenvalue weighted by Gasteiger charge is -2.05. The van der Waals surface area contributed by atoms with Crippen molar-refractivity contribution in [1.29, 1.82) is 0 Å². The molecular formula is C15H14N6O2S. The van der Waals surface area contributed by atoms with Gasteiger partial charge in [-0.1, -0.05) is 5.16 Å². The van der Waals surface area contributed by atoms with Crippen molar-refractivity contribution in [2.75, 3.05) is 12.3 Å². The Kier molecular flexibility index (Phi) is 4.34. The zero-order valence-corrected chi connectivity index (χ0v) is 13.5. The van der Waals surface area contributed by atoms with E-state index in [1.54, 1.807) is 30.6 Å². The zero-order valence-electron chi connectivity index (χ0n) is 12.7. The third-order valence-electron chi connectivity index (χ3n) is 3.23. The minimum absolute atomic E-state index is 0.0341. The molecule has 4 N–H and O–H groups in total. The van der Waals surface area contributed by atoms with E-state index in [1.165, 1.54) is 11.3 Å². The largest absolute Gasteiger partial charge is 0.410 e. The third-order valence-corrected chi connectivity index (χ3v) is 4.26. The molecule has 0 aliphatic heterocycles. The first kappa shape index (κ1) is 15.8. The van der Waals surface area contributed by atoms with Gasteiger partial charge in [-0.25, -0.2) is 9.97 Å². The number of carbonyl (C=O) groups excluding carboxylic acids is 1. The molecule has 0 aliphatic rings. The van der Waals surface area contributed by atoms with E-state index in [9.17, 15) is 10.0 Å². The van der Waals surface area contributed by atoms with Crippen LogP contribution in [0.25, 0.3) is 10.2 Å². The second kappa shape index (κ2) is 6.59. The van der Waals surface area contributed by atoms with E-state index in [4.69, 9.17) is 5.73 Å². The highest BCUT2D eigenvalue weighted by atomic mass is 32.1. The average molecular weight is 342 g/mol. The fourth-order valence-electron chi connectivity index (χ4n) is 2.22. The van der Waals surface area contributed by atoms with Crippen LogP contribution in [0.2, 0.25) is 0 Å². The number of carbonyl (C=O) groups is 1. The van der Waals surface area contributed by atoms with Gasteiger partial charge in [0.15, 0.2) is 0 Å². The second-order valence-electron chi connectivity index (χ2n) is 4.81. The quantitative estimate of drug-likeness (QED) is 0.376. The van der Waals surface area contributed by atoms with E-state index in [1.807, 2.05) is 6.92 Å². The van der Waals surface area contributed by atoms with Crippen LogP contribution in [0.4, 0.5) is 5.95 Å². The number of hydrogen-bond acceptors (Lipinski definition) is 8. The minimum atomic E-state index is -0.200. The first-order chi connectivity index (χ1) is 11.6. The number of nitrogens with zero attached hydrogens (tertiary/aromatic N) is 4. The predicted molar refractivity (Wildman–Crippen MR) is 91.5 cm³/mol. The van der Waals surface area contributed by atoms with Crippen molar-refractivity contribution < 1.29 is 10.0 Å². The molecule has 9 heteroatoms. The van der Waals surface area contributed by atoms with Crippen LogP contribution in [-0.2, 0) is 0 Å². The molecule has 0 spiro atoms. The fourth-order valence-corrected chi connectivity index (χ4v) is 3.18. The molecule has 0 unspecified atom stereocenters. The highest BCUT2D eigenvalue weighted by Gasteiger charge is 2.19. The van der Waals surface area contributed by atoms with Crippen molar-refractivity contribution in [2.24, 2.45) is 5.16 Å². The summed E-state index contributed by atoms with van der Waals surface area (Å²) in [5, 5.41) is 16.1. The van der Waals surface area contributed by atoms with Gasteiger partial charge in [-0.05, 0) is 25.1 Å². The van der Waals surface area contributed by atoms with Crippen molar-refractivity contribution in [3.8, 4) is 0 Å². The van der Waals surface area contributed by atoms with E-state index in [0.29, 0.717) is 32.9 Å². The Hall–Kier alpha value is -3.07. The zero-order chi connectivity index (χ0) is 17.1. The van der Waals surface area contributed by atoms with Gasteiger partial charge < -0.3 is 16.3 Å². The van der Waals surface area contributed by atoms with Gasteiger partial charge in [0.25, 0.3) is 5.91 Å². The molecule has 0 atom stereocenters. The minimum Gasteiger partial charge on any atom is -0.410 e. The van der Waals surface area contributed by atoms with Gasteiger partial charge in [0.05, 0.1) is 4.88 Å². The normalized spacial score (nSPS) is 11.6. The van der Waals surface area contributed by atoms with Crippen molar-refractivity contribution in [2.45, 2.75) is 6.92 Å². The smallest absolute Gasteiger partial charge is 0.261 e. The lowest BCUT2D eigenvalue weighted by atomic mass is 10.1. The van der Waals surface area contributed by atoms with Crippen LogP contribution in [0, 0.1) is 0 Å². The highest BCUT2D eigenvalue weighted by Crippen LogP contribution is 2.28. The maximum absolute atomic E-state index is 12.1. The summed E-state index contributed by atoms with van der Waals surface area (Å²) in [6.45, 7) is 2.36. The highest BCUT2D eigenvalue weighted by molar-refractivity contribution is 7.20. The molecule has 3 heterocycles. The lowest BCUT2D eigenvalue weighted by Crippen LogP contribution is -2.21. The van der Waals surface area contributed by atoms with Crippen LogP contribution in [0.1, 0.15) is 27.9 Å². The predicted octanol–water partition coefficient (Wildman–Crippen LogP) is 1.64. The SMILES string of the molecule is CCNC(=O)c1cc2c(C(=NO)c3cccnc3)nc(N)nc2s1. The van der Waals surface area contributed by atoms with Crippen molar-refractivity contribution >= 4 is 39.1 Å². The van der Waals surface area contributed by atoms with Crippen molar-refractivity contribution in [3.05, 3.63) is 46.7 Å². The van der Waals surface area contributed by atoms with Crippen LogP contribution >= 0.6 is 11.3 Å². The summed E-state index contributed by atoms with van der Waals surface area (Å²) in [4.78, 5) is 25.4. The van der Waals surface area contributed by atoms with Crippen LogP contribution in [0.5, 0.6) is 0 Å². The molecule has 0 aromatic carbocycles. The number of thiophene rings is 1. The molecule has 0 aliphatic carbocycles. The number of nitrogen functional groups attached to an aromatic ring is 1. The third kappa shape index (κ3) is 2.88. The number of amides is 1. The summed E-state index contributed by atoms with van der Waals surface area (Å²) in [6, 6.07) is 5.13. The Labute approximate surface area is 141 Å². The second-order valence-corrected chi connectivity index (χ2v) is 5.84. The van der Waals surface area contributed by atoms with Gasteiger partial charge >= 0.3 is 0 Å². The number of anilines is 1. The number of hydrogen-bond donors (Lipinski definition) is 3. The van der Waals surface area contributed by atoms with Gasteiger partial charge in [0.1, 0.15) is 16.2 Å². The van der Waals surface area contributed by atoms with Gasteiger partial charge in [-0.3, -0.25) is 9.78 Å². The maximum atomic E-state index is 12.1. The Bertz CT molecular complexity index is 922. The van der Waals surface area contributed by atoms with E-state index in [-0.39, 0.29) is 17.6 Å². The molecule has 0 fully saturated rings. The number of aromatic nitrogens is 3. The van der Waals surface area contributed by atoms with Gasteiger partial charge in [0, 0.05) is 29.9 Å². The first-order valence-electron chi connectivity index (χ1n) is 7.12. The Morgan fingerprint density at radius 3 is 2.96 bits per heavy atom. The Morgan fingerprint density at radius 1 is 1.46 bits per heavy atom. The standard InChI is InChI=1S/C15H14N6O2S/c1-2-18-13(22)10-6-9-12(19-15(16)20-14(9)24-10)11(21-23)8-4-3-5-17-7-8/h3-7,23H,2H2,1H3,(H,18,22)(H2,16,19,20). The average Bonchev–Trinajstić information content (AvgIpc) is 3.01. The number of oxime groups is 1. The summed E-state index contributed by atoms with van der Waals surface area (Å²) < 4.78 is 0. The molecule has 3 aromatic rings. The lowest BCUT2D eigenvalue weighted by molar-refractivity contribution is 0.0960. The van der Waals surface area contributed by atoms with Crippen LogP contribution in [0.3, 0.4) is 0 Å². The number of pyridine rings is 1. The van der Waals surface area contributed by atoms with Crippen LogP contribution in [-0.4, -0.2) is 38.3 Å². The molecule has 24 heavy (non-hydrogen) atoms.